The highest BCUT2D eigenvalue weighted by Gasteiger charge is 2.06. The third-order valence-electron chi connectivity index (χ3n) is 2.95. The molecule has 0 spiro atoms. The summed E-state index contributed by atoms with van der Waals surface area (Å²) in [6.45, 7) is 2.15. The number of H-pyrrole nitrogens is 1. The van der Waals surface area contributed by atoms with Crippen molar-refractivity contribution in [2.45, 2.75) is 13.3 Å². The van der Waals surface area contributed by atoms with Crippen LogP contribution >= 0.6 is 11.3 Å². The molecule has 0 saturated heterocycles. The van der Waals surface area contributed by atoms with E-state index in [1.165, 1.54) is 26.9 Å². The number of benzene rings is 1. The lowest BCUT2D eigenvalue weighted by Crippen LogP contribution is -1.82. The van der Waals surface area contributed by atoms with Gasteiger partial charge in [-0.2, -0.15) is 0 Å². The van der Waals surface area contributed by atoms with Crippen LogP contribution in [0.15, 0.2) is 41.9 Å². The van der Waals surface area contributed by atoms with Crippen molar-refractivity contribution in [3.05, 3.63) is 57.9 Å². The molecule has 1 aromatic carbocycles. The Morgan fingerprint density at radius 2 is 2.12 bits per heavy atom. The van der Waals surface area contributed by atoms with Gasteiger partial charge in [-0.3, -0.25) is 0 Å². The van der Waals surface area contributed by atoms with Crippen molar-refractivity contribution < 1.29 is 0 Å². The van der Waals surface area contributed by atoms with Gasteiger partial charge < -0.3 is 4.98 Å². The molecule has 0 aliphatic heterocycles. The summed E-state index contributed by atoms with van der Waals surface area (Å²) >= 11 is 1.82. The summed E-state index contributed by atoms with van der Waals surface area (Å²) in [4.78, 5) is 4.79. The molecule has 2 aromatic heterocycles. The van der Waals surface area contributed by atoms with Crippen molar-refractivity contribution >= 4 is 22.2 Å². The van der Waals surface area contributed by atoms with Gasteiger partial charge in [-0.1, -0.05) is 24.3 Å². The Balaban J connectivity index is 2.08. The summed E-state index contributed by atoms with van der Waals surface area (Å²) in [5.74, 6) is 0. The average molecular weight is 227 g/mol. The van der Waals surface area contributed by atoms with Gasteiger partial charge in [0.2, 0.25) is 0 Å². The molecule has 0 aliphatic carbocycles. The molecule has 3 aromatic rings. The lowest BCUT2D eigenvalue weighted by Gasteiger charge is -1.98. The Morgan fingerprint density at radius 1 is 1.19 bits per heavy atom. The fourth-order valence-corrected chi connectivity index (χ4v) is 2.84. The molecule has 0 amide bonds. The molecule has 0 atom stereocenters. The van der Waals surface area contributed by atoms with E-state index in [0.29, 0.717) is 0 Å². The second-order valence-corrected chi connectivity index (χ2v) is 5.10. The minimum atomic E-state index is 1.03. The molecule has 0 saturated carbocycles. The van der Waals surface area contributed by atoms with Gasteiger partial charge in [0, 0.05) is 28.4 Å². The second kappa shape index (κ2) is 3.80. The highest BCUT2D eigenvalue weighted by atomic mass is 32.1. The van der Waals surface area contributed by atoms with Gasteiger partial charge in [0.1, 0.15) is 0 Å². The smallest absolute Gasteiger partial charge is 0.0486 e. The fraction of sp³-hybridized carbons (Fsp3) is 0.143. The number of para-hydroxylation sites is 1. The molecule has 0 radical (unpaired) electrons. The predicted octanol–water partition coefficient (Wildman–Crippen LogP) is 4.13. The number of aromatic nitrogens is 1. The maximum atomic E-state index is 3.37. The van der Waals surface area contributed by atoms with E-state index in [1.807, 2.05) is 11.3 Å². The van der Waals surface area contributed by atoms with E-state index in [-0.39, 0.29) is 0 Å². The molecule has 2 heteroatoms. The Bertz CT molecular complexity index is 605. The minimum Gasteiger partial charge on any atom is -0.361 e. The number of hydrogen-bond donors (Lipinski definition) is 1. The van der Waals surface area contributed by atoms with Crippen molar-refractivity contribution in [3.8, 4) is 0 Å². The SMILES string of the molecule is Cc1cccc2c(Cc3cccs3)c[nH]c12. The van der Waals surface area contributed by atoms with Crippen LogP contribution in [0.1, 0.15) is 16.0 Å². The number of thiophene rings is 1. The zero-order chi connectivity index (χ0) is 11.0. The zero-order valence-corrected chi connectivity index (χ0v) is 9.97. The number of rotatable bonds is 2. The van der Waals surface area contributed by atoms with Gasteiger partial charge in [0.25, 0.3) is 0 Å². The summed E-state index contributed by atoms with van der Waals surface area (Å²) in [6, 6.07) is 10.8. The van der Waals surface area contributed by atoms with Gasteiger partial charge in [-0.15, -0.1) is 11.3 Å². The number of aryl methyl sites for hydroxylation is 1. The first-order chi connectivity index (χ1) is 7.84. The molecule has 0 fully saturated rings. The molecule has 80 valence electrons. The molecule has 0 unspecified atom stereocenters. The highest BCUT2D eigenvalue weighted by molar-refractivity contribution is 7.09. The monoisotopic (exact) mass is 227 g/mol. The normalized spacial score (nSPS) is 11.1. The van der Waals surface area contributed by atoms with E-state index in [2.05, 4.69) is 53.8 Å². The van der Waals surface area contributed by atoms with Gasteiger partial charge in [-0.05, 0) is 29.5 Å². The van der Waals surface area contributed by atoms with E-state index in [1.54, 1.807) is 0 Å². The van der Waals surface area contributed by atoms with Gasteiger partial charge in [-0.25, -0.2) is 0 Å². The topological polar surface area (TPSA) is 15.8 Å². The van der Waals surface area contributed by atoms with Crippen molar-refractivity contribution in [3.63, 3.8) is 0 Å². The molecular formula is C14H13NS. The Morgan fingerprint density at radius 3 is 2.94 bits per heavy atom. The van der Waals surface area contributed by atoms with Crippen LogP contribution in [0.2, 0.25) is 0 Å². The van der Waals surface area contributed by atoms with Crippen LogP contribution < -0.4 is 0 Å². The number of fused-ring (bicyclic) bond motifs is 1. The summed E-state index contributed by atoms with van der Waals surface area (Å²) in [7, 11) is 0. The highest BCUT2D eigenvalue weighted by Crippen LogP contribution is 2.24. The van der Waals surface area contributed by atoms with E-state index in [4.69, 9.17) is 0 Å². The standard InChI is InChI=1S/C14H13NS/c1-10-4-2-6-13-11(9-15-14(10)13)8-12-5-3-7-16-12/h2-7,9,15H,8H2,1H3. The van der Waals surface area contributed by atoms with E-state index in [9.17, 15) is 0 Å². The zero-order valence-electron chi connectivity index (χ0n) is 9.16. The molecule has 2 heterocycles. The van der Waals surface area contributed by atoms with Crippen molar-refractivity contribution in [1.82, 2.24) is 4.98 Å². The third kappa shape index (κ3) is 1.55. The van der Waals surface area contributed by atoms with Gasteiger partial charge in [0.05, 0.1) is 0 Å². The molecule has 1 N–H and O–H groups in total. The van der Waals surface area contributed by atoms with E-state index in [0.717, 1.165) is 6.42 Å². The number of hydrogen-bond acceptors (Lipinski definition) is 1. The van der Waals surface area contributed by atoms with Crippen LogP contribution in [-0.4, -0.2) is 4.98 Å². The molecule has 0 bridgehead atoms. The summed E-state index contributed by atoms with van der Waals surface area (Å²) in [5, 5.41) is 3.49. The van der Waals surface area contributed by atoms with Crippen molar-refractivity contribution in [2.24, 2.45) is 0 Å². The maximum absolute atomic E-state index is 3.37. The molecular weight excluding hydrogens is 214 g/mol. The van der Waals surface area contributed by atoms with Crippen LogP contribution in [0.5, 0.6) is 0 Å². The number of nitrogens with one attached hydrogen (secondary N) is 1. The lowest BCUT2D eigenvalue weighted by atomic mass is 10.1. The van der Waals surface area contributed by atoms with E-state index < -0.39 is 0 Å². The van der Waals surface area contributed by atoms with Crippen molar-refractivity contribution in [1.29, 1.82) is 0 Å². The lowest BCUT2D eigenvalue weighted by molar-refractivity contribution is 1.26. The van der Waals surface area contributed by atoms with Gasteiger partial charge >= 0.3 is 0 Å². The molecule has 0 aliphatic rings. The summed E-state index contributed by atoms with van der Waals surface area (Å²) < 4.78 is 0. The Kier molecular flexibility index (Phi) is 2.29. The Labute approximate surface area is 98.7 Å². The van der Waals surface area contributed by atoms with Crippen LogP contribution in [0.25, 0.3) is 10.9 Å². The minimum absolute atomic E-state index is 1.03. The molecule has 16 heavy (non-hydrogen) atoms. The summed E-state index contributed by atoms with van der Waals surface area (Å²) in [6.07, 6.45) is 3.17. The first kappa shape index (κ1) is 9.67. The quantitative estimate of drug-likeness (QED) is 0.677. The third-order valence-corrected chi connectivity index (χ3v) is 3.83. The summed E-state index contributed by atoms with van der Waals surface area (Å²) in [5.41, 5.74) is 3.98. The average Bonchev–Trinajstić information content (AvgIpc) is 2.90. The van der Waals surface area contributed by atoms with Gasteiger partial charge in [0.15, 0.2) is 0 Å². The van der Waals surface area contributed by atoms with Crippen LogP contribution in [0.4, 0.5) is 0 Å². The molecule has 1 nitrogen and oxygen atoms in total. The largest absolute Gasteiger partial charge is 0.361 e. The first-order valence-electron chi connectivity index (χ1n) is 5.42. The predicted molar refractivity (Wildman–Crippen MR) is 70.2 cm³/mol. The molecule has 3 rings (SSSR count). The van der Waals surface area contributed by atoms with E-state index >= 15 is 0 Å². The first-order valence-corrected chi connectivity index (χ1v) is 6.30. The maximum Gasteiger partial charge on any atom is 0.0486 e. The number of aromatic amines is 1. The van der Waals surface area contributed by atoms with Crippen LogP contribution in [0.3, 0.4) is 0 Å². The van der Waals surface area contributed by atoms with Crippen LogP contribution in [0, 0.1) is 6.92 Å². The van der Waals surface area contributed by atoms with Crippen molar-refractivity contribution in [2.75, 3.05) is 0 Å². The van der Waals surface area contributed by atoms with Crippen LogP contribution in [-0.2, 0) is 6.42 Å². The second-order valence-electron chi connectivity index (χ2n) is 4.07. The Hall–Kier alpha value is -1.54. The fourth-order valence-electron chi connectivity index (χ4n) is 2.11.